The Labute approximate surface area is 108 Å². The van der Waals surface area contributed by atoms with Gasteiger partial charge >= 0.3 is 0 Å². The van der Waals surface area contributed by atoms with Gasteiger partial charge in [-0.2, -0.15) is 0 Å². The second kappa shape index (κ2) is 5.05. The Morgan fingerprint density at radius 3 is 2.94 bits per heavy atom. The molecule has 94 valence electrons. The van der Waals surface area contributed by atoms with Gasteiger partial charge in [-0.1, -0.05) is 6.07 Å². The average molecular weight is 263 g/mol. The number of nitrogen functional groups attached to an aromatic ring is 1. The van der Waals surface area contributed by atoms with Gasteiger partial charge in [-0.15, -0.1) is 11.3 Å². The summed E-state index contributed by atoms with van der Waals surface area (Å²) in [4.78, 5) is 15.7. The number of aromatic hydroxyl groups is 1. The summed E-state index contributed by atoms with van der Waals surface area (Å²) in [5, 5.41) is 14.4. The molecule has 0 spiro atoms. The lowest BCUT2D eigenvalue weighted by molar-refractivity contribution is -0.115. The van der Waals surface area contributed by atoms with Gasteiger partial charge in [-0.3, -0.25) is 4.79 Å². The predicted octanol–water partition coefficient (Wildman–Crippen LogP) is 1.92. The highest BCUT2D eigenvalue weighted by molar-refractivity contribution is 7.13. The van der Waals surface area contributed by atoms with Crippen molar-refractivity contribution >= 4 is 28.1 Å². The number of hydrogen-bond acceptors (Lipinski definition) is 5. The van der Waals surface area contributed by atoms with Crippen molar-refractivity contribution in [3.05, 3.63) is 34.8 Å². The van der Waals surface area contributed by atoms with Crippen LogP contribution in [0.25, 0.3) is 0 Å². The first-order valence-corrected chi connectivity index (χ1v) is 6.22. The van der Waals surface area contributed by atoms with Crippen LogP contribution in [-0.2, 0) is 11.2 Å². The lowest BCUT2D eigenvalue weighted by Gasteiger charge is -2.06. The molecule has 2 aromatic rings. The molecular weight excluding hydrogens is 250 g/mol. The molecule has 5 nitrogen and oxygen atoms in total. The van der Waals surface area contributed by atoms with Crippen LogP contribution in [0.5, 0.6) is 5.75 Å². The number of benzene rings is 1. The highest BCUT2D eigenvalue weighted by Crippen LogP contribution is 2.21. The first-order valence-electron chi connectivity index (χ1n) is 5.34. The van der Waals surface area contributed by atoms with Gasteiger partial charge in [0, 0.05) is 17.1 Å². The van der Waals surface area contributed by atoms with Gasteiger partial charge in [0.1, 0.15) is 5.75 Å². The summed E-state index contributed by atoms with van der Waals surface area (Å²) >= 11 is 1.30. The number of nitrogens with one attached hydrogen (secondary N) is 1. The fraction of sp³-hybridized carbons (Fsp3) is 0.167. The van der Waals surface area contributed by atoms with Crippen molar-refractivity contribution in [3.63, 3.8) is 0 Å². The van der Waals surface area contributed by atoms with Gasteiger partial charge < -0.3 is 16.2 Å². The van der Waals surface area contributed by atoms with Crippen molar-refractivity contribution in [2.75, 3.05) is 11.1 Å². The number of thiazole rings is 1. The predicted molar refractivity (Wildman–Crippen MR) is 71.7 cm³/mol. The van der Waals surface area contributed by atoms with Crippen molar-refractivity contribution in [3.8, 4) is 5.75 Å². The van der Waals surface area contributed by atoms with E-state index in [1.807, 2.05) is 0 Å². The van der Waals surface area contributed by atoms with Crippen LogP contribution < -0.4 is 11.1 Å². The summed E-state index contributed by atoms with van der Waals surface area (Å²) in [5.41, 5.74) is 7.46. The molecule has 6 heteroatoms. The Balaban J connectivity index is 2.00. The smallest absolute Gasteiger partial charge is 0.230 e. The number of hydrogen-bond donors (Lipinski definition) is 3. The van der Waals surface area contributed by atoms with E-state index in [0.29, 0.717) is 16.5 Å². The van der Waals surface area contributed by atoms with Crippen molar-refractivity contribution < 1.29 is 9.90 Å². The van der Waals surface area contributed by atoms with Crippen LogP contribution in [0, 0.1) is 6.92 Å². The standard InChI is InChI=1S/C12H13N3O2S/c1-7-2-3-8(4-10(7)16)14-11(17)5-9-6-18-12(13)15-9/h2-4,6,16H,5H2,1H3,(H2,13,15)(H,14,17). The normalized spacial score (nSPS) is 10.3. The minimum Gasteiger partial charge on any atom is -0.508 e. The van der Waals surface area contributed by atoms with Crippen LogP contribution in [0.3, 0.4) is 0 Å². The molecule has 0 unspecified atom stereocenters. The maximum Gasteiger partial charge on any atom is 0.230 e. The van der Waals surface area contributed by atoms with Gasteiger partial charge in [-0.25, -0.2) is 4.98 Å². The molecule has 0 fully saturated rings. The van der Waals surface area contributed by atoms with Crippen LogP contribution in [0.4, 0.5) is 10.8 Å². The Hall–Kier alpha value is -2.08. The number of anilines is 2. The molecule has 0 bridgehead atoms. The van der Waals surface area contributed by atoms with E-state index < -0.39 is 0 Å². The molecule has 0 aliphatic rings. The van der Waals surface area contributed by atoms with E-state index >= 15 is 0 Å². The summed E-state index contributed by atoms with van der Waals surface area (Å²) in [5.74, 6) is -0.0331. The number of amides is 1. The van der Waals surface area contributed by atoms with E-state index in [9.17, 15) is 9.90 Å². The molecule has 1 aromatic heterocycles. The minimum atomic E-state index is -0.191. The number of carbonyl (C=O) groups excluding carboxylic acids is 1. The number of nitrogens with zero attached hydrogens (tertiary/aromatic N) is 1. The molecule has 0 aliphatic heterocycles. The highest BCUT2D eigenvalue weighted by Gasteiger charge is 2.07. The van der Waals surface area contributed by atoms with Crippen LogP contribution in [0.1, 0.15) is 11.3 Å². The first-order chi connectivity index (χ1) is 8.54. The Kier molecular flexibility index (Phi) is 3.47. The number of aryl methyl sites for hydroxylation is 1. The molecule has 0 saturated heterocycles. The van der Waals surface area contributed by atoms with Crippen LogP contribution in [-0.4, -0.2) is 16.0 Å². The number of carbonyl (C=O) groups is 1. The highest BCUT2D eigenvalue weighted by atomic mass is 32.1. The molecule has 0 radical (unpaired) electrons. The third kappa shape index (κ3) is 2.98. The van der Waals surface area contributed by atoms with Crippen molar-refractivity contribution in [1.82, 2.24) is 4.98 Å². The van der Waals surface area contributed by atoms with Gasteiger partial charge in [0.15, 0.2) is 5.13 Å². The van der Waals surface area contributed by atoms with E-state index in [0.717, 1.165) is 5.56 Å². The maximum absolute atomic E-state index is 11.7. The zero-order chi connectivity index (χ0) is 13.1. The van der Waals surface area contributed by atoms with E-state index in [4.69, 9.17) is 5.73 Å². The zero-order valence-corrected chi connectivity index (χ0v) is 10.6. The molecule has 18 heavy (non-hydrogen) atoms. The summed E-state index contributed by atoms with van der Waals surface area (Å²) in [6.07, 6.45) is 0.169. The number of phenols is 1. The third-order valence-electron chi connectivity index (χ3n) is 2.40. The Morgan fingerprint density at radius 2 is 2.33 bits per heavy atom. The quantitative estimate of drug-likeness (QED) is 0.789. The molecule has 1 heterocycles. The molecule has 2 rings (SSSR count). The van der Waals surface area contributed by atoms with E-state index in [2.05, 4.69) is 10.3 Å². The maximum atomic E-state index is 11.7. The van der Waals surface area contributed by atoms with Crippen molar-refractivity contribution in [2.45, 2.75) is 13.3 Å². The largest absolute Gasteiger partial charge is 0.508 e. The lowest BCUT2D eigenvalue weighted by atomic mass is 10.2. The molecule has 4 N–H and O–H groups in total. The second-order valence-corrected chi connectivity index (χ2v) is 4.79. The van der Waals surface area contributed by atoms with Crippen molar-refractivity contribution in [1.29, 1.82) is 0 Å². The minimum absolute atomic E-state index is 0.158. The average Bonchev–Trinajstić information content (AvgIpc) is 2.69. The van der Waals surface area contributed by atoms with Gasteiger partial charge in [0.2, 0.25) is 5.91 Å². The molecule has 0 saturated carbocycles. The number of nitrogens with two attached hydrogens (primary N) is 1. The second-order valence-electron chi connectivity index (χ2n) is 3.90. The SMILES string of the molecule is Cc1ccc(NC(=O)Cc2csc(N)n2)cc1O. The lowest BCUT2D eigenvalue weighted by Crippen LogP contribution is -2.14. The van der Waals surface area contributed by atoms with Gasteiger partial charge in [-0.05, 0) is 18.6 Å². The molecule has 1 aromatic carbocycles. The summed E-state index contributed by atoms with van der Waals surface area (Å²) in [7, 11) is 0. The topological polar surface area (TPSA) is 88.2 Å². The van der Waals surface area contributed by atoms with Crippen LogP contribution >= 0.6 is 11.3 Å². The fourth-order valence-electron chi connectivity index (χ4n) is 1.46. The summed E-state index contributed by atoms with van der Waals surface area (Å²) < 4.78 is 0. The number of aromatic nitrogens is 1. The number of phenolic OH excluding ortho intramolecular Hbond substituents is 1. The fourth-order valence-corrected chi connectivity index (χ4v) is 2.02. The van der Waals surface area contributed by atoms with Crippen LogP contribution in [0.15, 0.2) is 23.6 Å². The number of rotatable bonds is 3. The monoisotopic (exact) mass is 263 g/mol. The molecule has 1 amide bonds. The molecule has 0 aliphatic carbocycles. The van der Waals surface area contributed by atoms with Gasteiger partial charge in [0.05, 0.1) is 12.1 Å². The zero-order valence-electron chi connectivity index (χ0n) is 9.80. The summed E-state index contributed by atoms with van der Waals surface area (Å²) in [6, 6.07) is 5.00. The Morgan fingerprint density at radius 1 is 1.56 bits per heavy atom. The van der Waals surface area contributed by atoms with Gasteiger partial charge in [0.25, 0.3) is 0 Å². The van der Waals surface area contributed by atoms with Crippen LogP contribution in [0.2, 0.25) is 0 Å². The molecular formula is C12H13N3O2S. The van der Waals surface area contributed by atoms with Crippen molar-refractivity contribution in [2.24, 2.45) is 0 Å². The van der Waals surface area contributed by atoms with E-state index in [1.54, 1.807) is 24.4 Å². The third-order valence-corrected chi connectivity index (χ3v) is 3.13. The van der Waals surface area contributed by atoms with E-state index in [-0.39, 0.29) is 18.1 Å². The Bertz CT molecular complexity index is 580. The van der Waals surface area contributed by atoms with E-state index in [1.165, 1.54) is 17.4 Å². The molecule has 0 atom stereocenters. The summed E-state index contributed by atoms with van der Waals surface area (Å²) in [6.45, 7) is 1.79. The first kappa shape index (κ1) is 12.4.